The molecular formula is C26H19Cl2N3O3S. The second kappa shape index (κ2) is 11.0. The van der Waals surface area contributed by atoms with Crippen molar-refractivity contribution in [2.75, 3.05) is 11.1 Å². The van der Waals surface area contributed by atoms with Gasteiger partial charge in [0.05, 0.1) is 45.5 Å². The first-order valence-electron chi connectivity index (χ1n) is 10.6. The fraction of sp³-hybridized carbons (Fsp3) is 0.154. The molecule has 176 valence electrons. The zero-order valence-corrected chi connectivity index (χ0v) is 20.8. The molecule has 1 N–H and O–H groups in total. The summed E-state index contributed by atoms with van der Waals surface area (Å²) in [6.07, 6.45) is 1.50. The van der Waals surface area contributed by atoms with E-state index in [1.807, 2.05) is 18.2 Å². The number of amides is 1. The third kappa shape index (κ3) is 5.51. The largest absolute Gasteiger partial charge is 0.469 e. The van der Waals surface area contributed by atoms with Gasteiger partial charge in [-0.1, -0.05) is 53.2 Å². The molecule has 6 nitrogen and oxygen atoms in total. The number of nitrogens with one attached hydrogen (secondary N) is 1. The molecule has 1 aliphatic heterocycles. The quantitative estimate of drug-likeness (QED) is 0.345. The van der Waals surface area contributed by atoms with Crippen LogP contribution in [0, 0.1) is 17.2 Å². The lowest BCUT2D eigenvalue weighted by Gasteiger charge is -2.29. The minimum atomic E-state index is -0.758. The van der Waals surface area contributed by atoms with E-state index >= 15 is 0 Å². The van der Waals surface area contributed by atoms with Crippen LogP contribution in [0.25, 0.3) is 0 Å². The van der Waals surface area contributed by atoms with Crippen LogP contribution in [0.3, 0.4) is 0 Å². The van der Waals surface area contributed by atoms with E-state index < -0.39 is 11.8 Å². The van der Waals surface area contributed by atoms with Gasteiger partial charge in [-0.15, -0.1) is 0 Å². The Morgan fingerprint density at radius 2 is 1.89 bits per heavy atom. The number of hydrogen-bond donors (Lipinski definition) is 1. The van der Waals surface area contributed by atoms with Gasteiger partial charge in [-0.05, 0) is 49.4 Å². The summed E-state index contributed by atoms with van der Waals surface area (Å²) in [7, 11) is 0. The van der Waals surface area contributed by atoms with Crippen molar-refractivity contribution in [3.63, 3.8) is 0 Å². The van der Waals surface area contributed by atoms with E-state index in [4.69, 9.17) is 27.6 Å². The molecule has 1 aromatic heterocycles. The lowest BCUT2D eigenvalue weighted by atomic mass is 9.79. The maximum Gasteiger partial charge on any atom is 0.234 e. The number of carbonyl (C=O) groups excluding carboxylic acids is 2. The summed E-state index contributed by atoms with van der Waals surface area (Å²) in [5.41, 5.74) is 1.83. The summed E-state index contributed by atoms with van der Waals surface area (Å²) in [5.74, 6) is -1.43. The number of rotatable bonds is 7. The lowest BCUT2D eigenvalue weighted by Crippen LogP contribution is -2.36. The molecule has 2 heterocycles. The van der Waals surface area contributed by atoms with Gasteiger partial charge >= 0.3 is 0 Å². The molecule has 0 spiro atoms. The number of Topliss-reactive ketones (excluding diaryl/α,β-unsaturated/α-hetero) is 1. The average molecular weight is 524 g/mol. The summed E-state index contributed by atoms with van der Waals surface area (Å²) in [5, 5.41) is 14.0. The van der Waals surface area contributed by atoms with Gasteiger partial charge in [0.2, 0.25) is 5.91 Å². The molecule has 2 aromatic carbocycles. The number of anilines is 1. The maximum absolute atomic E-state index is 13.3. The topological polar surface area (TPSA) is 95.5 Å². The smallest absolute Gasteiger partial charge is 0.234 e. The van der Waals surface area contributed by atoms with Crippen LogP contribution >= 0.6 is 35.0 Å². The first-order chi connectivity index (χ1) is 16.9. The highest BCUT2D eigenvalue weighted by molar-refractivity contribution is 8.03. The number of furan rings is 1. The molecule has 0 radical (unpaired) electrons. The second-order valence-electron chi connectivity index (χ2n) is 7.75. The molecule has 4 rings (SSSR count). The molecule has 1 unspecified atom stereocenters. The van der Waals surface area contributed by atoms with E-state index in [2.05, 4.69) is 16.4 Å². The van der Waals surface area contributed by atoms with Crippen LogP contribution in [0.4, 0.5) is 5.69 Å². The molecule has 9 heteroatoms. The highest BCUT2D eigenvalue weighted by Crippen LogP contribution is 2.42. The fourth-order valence-electron chi connectivity index (χ4n) is 3.80. The van der Waals surface area contributed by atoms with Crippen molar-refractivity contribution < 1.29 is 14.0 Å². The maximum atomic E-state index is 13.3. The van der Waals surface area contributed by atoms with Crippen LogP contribution in [-0.2, 0) is 4.79 Å². The Kier molecular flexibility index (Phi) is 7.76. The molecule has 0 bridgehead atoms. The van der Waals surface area contributed by atoms with Crippen LogP contribution in [0.1, 0.15) is 29.0 Å². The average Bonchev–Trinajstić information content (AvgIpc) is 3.39. The lowest BCUT2D eigenvalue weighted by molar-refractivity contribution is -0.118. The zero-order chi connectivity index (χ0) is 24.9. The van der Waals surface area contributed by atoms with Crippen LogP contribution in [-0.4, -0.2) is 23.2 Å². The number of benzene rings is 2. The number of halogens is 2. The van der Waals surface area contributed by atoms with Crippen molar-refractivity contribution in [3.8, 4) is 6.07 Å². The van der Waals surface area contributed by atoms with Crippen molar-refractivity contribution in [1.29, 1.82) is 5.26 Å². The number of para-hydroxylation sites is 1. The number of allylic oxidation sites excluding steroid dienone is 1. The first kappa shape index (κ1) is 24.8. The monoisotopic (exact) mass is 523 g/mol. The van der Waals surface area contributed by atoms with Gasteiger partial charge in [0.15, 0.2) is 5.78 Å². The van der Waals surface area contributed by atoms with Gasteiger partial charge in [0.1, 0.15) is 10.8 Å². The molecule has 2 atom stereocenters. The van der Waals surface area contributed by atoms with E-state index in [1.165, 1.54) is 12.3 Å². The molecule has 3 aromatic rings. The molecule has 1 amide bonds. The van der Waals surface area contributed by atoms with Gasteiger partial charge in [-0.25, -0.2) is 4.99 Å². The third-order valence-corrected chi connectivity index (χ3v) is 7.21. The number of thioether (sulfide) groups is 1. The van der Waals surface area contributed by atoms with Gasteiger partial charge < -0.3 is 9.73 Å². The minimum Gasteiger partial charge on any atom is -0.469 e. The number of nitrogens with zero attached hydrogens (tertiary/aromatic N) is 2. The Morgan fingerprint density at radius 3 is 2.54 bits per heavy atom. The van der Waals surface area contributed by atoms with Crippen molar-refractivity contribution in [3.05, 3.63) is 98.9 Å². The summed E-state index contributed by atoms with van der Waals surface area (Å²) in [4.78, 5) is 30.6. The van der Waals surface area contributed by atoms with E-state index in [0.29, 0.717) is 32.8 Å². The Labute approximate surface area is 216 Å². The van der Waals surface area contributed by atoms with Crippen LogP contribution < -0.4 is 5.32 Å². The predicted octanol–water partition coefficient (Wildman–Crippen LogP) is 6.75. The SMILES string of the molecule is CC1=NC(SCC(=O)c2ccc(Cl)c(Cl)c2)=C(C#N)[C@@H](c2ccco2)C1C(=O)Nc1ccccc1. The van der Waals surface area contributed by atoms with Crippen LogP contribution in [0.2, 0.25) is 10.0 Å². The van der Waals surface area contributed by atoms with Gasteiger partial charge in [0.25, 0.3) is 0 Å². The fourth-order valence-corrected chi connectivity index (χ4v) is 5.07. The summed E-state index contributed by atoms with van der Waals surface area (Å²) >= 11 is 13.1. The van der Waals surface area contributed by atoms with Crippen molar-refractivity contribution in [2.45, 2.75) is 12.8 Å². The number of nitriles is 1. The third-order valence-electron chi connectivity index (χ3n) is 5.48. The first-order valence-corrected chi connectivity index (χ1v) is 12.3. The van der Waals surface area contributed by atoms with E-state index in [-0.39, 0.29) is 28.0 Å². The van der Waals surface area contributed by atoms with Gasteiger partial charge in [-0.2, -0.15) is 5.26 Å². The molecule has 0 saturated carbocycles. The number of aliphatic imine (C=N–C) groups is 1. The summed E-state index contributed by atoms with van der Waals surface area (Å²) in [6.45, 7) is 1.74. The summed E-state index contributed by atoms with van der Waals surface area (Å²) < 4.78 is 5.63. The molecule has 35 heavy (non-hydrogen) atoms. The van der Waals surface area contributed by atoms with Crippen LogP contribution in [0.15, 0.2) is 86.9 Å². The van der Waals surface area contributed by atoms with Crippen molar-refractivity contribution in [2.24, 2.45) is 10.9 Å². The minimum absolute atomic E-state index is 0.0288. The Hall–Kier alpha value is -3.31. The van der Waals surface area contributed by atoms with E-state index in [0.717, 1.165) is 11.8 Å². The number of hydrogen-bond acceptors (Lipinski definition) is 6. The number of carbonyl (C=O) groups is 2. The van der Waals surface area contributed by atoms with E-state index in [9.17, 15) is 14.9 Å². The van der Waals surface area contributed by atoms with Crippen molar-refractivity contribution >= 4 is 58.1 Å². The van der Waals surface area contributed by atoms with Gasteiger partial charge in [-0.3, -0.25) is 9.59 Å². The normalized spacial score (nSPS) is 17.5. The van der Waals surface area contributed by atoms with Crippen molar-refractivity contribution in [1.82, 2.24) is 0 Å². The molecular weight excluding hydrogens is 505 g/mol. The van der Waals surface area contributed by atoms with E-state index in [1.54, 1.807) is 43.3 Å². The molecule has 0 fully saturated rings. The standard InChI is InChI=1S/C26H19Cl2N3O3S/c1-15-23(25(33)31-17-6-3-2-4-7-17)24(22-8-5-11-34-22)18(13-29)26(30-15)35-14-21(32)16-9-10-19(27)20(28)12-16/h2-12,23-24H,14H2,1H3,(H,31,33)/t23?,24-/m0/s1. The second-order valence-corrected chi connectivity index (χ2v) is 9.53. The highest BCUT2D eigenvalue weighted by atomic mass is 35.5. The Balaban J connectivity index is 1.63. The van der Waals surface area contributed by atoms with Crippen LogP contribution in [0.5, 0.6) is 0 Å². The van der Waals surface area contributed by atoms with Gasteiger partial charge in [0, 0.05) is 17.0 Å². The highest BCUT2D eigenvalue weighted by Gasteiger charge is 2.41. The Morgan fingerprint density at radius 1 is 1.11 bits per heavy atom. The molecule has 1 aliphatic rings. The number of ketones is 1. The zero-order valence-electron chi connectivity index (χ0n) is 18.5. The predicted molar refractivity (Wildman–Crippen MR) is 139 cm³/mol. The molecule has 0 saturated heterocycles. The Bertz CT molecular complexity index is 1360. The summed E-state index contributed by atoms with van der Waals surface area (Å²) in [6, 6.07) is 19.4. The molecule has 0 aliphatic carbocycles.